The van der Waals surface area contributed by atoms with Crippen LogP contribution in [-0.4, -0.2) is 43.2 Å². The van der Waals surface area contributed by atoms with Gasteiger partial charge in [0.1, 0.15) is 0 Å². The van der Waals surface area contributed by atoms with Gasteiger partial charge in [0, 0.05) is 13.1 Å². The summed E-state index contributed by atoms with van der Waals surface area (Å²) in [5.41, 5.74) is 2.11. The Bertz CT molecular complexity index is 750. The summed E-state index contributed by atoms with van der Waals surface area (Å²) in [5.74, 6) is 0.309. The summed E-state index contributed by atoms with van der Waals surface area (Å²) in [6.45, 7) is 3.43. The molecule has 148 valence electrons. The van der Waals surface area contributed by atoms with Crippen LogP contribution in [0.1, 0.15) is 36.8 Å². The molecule has 0 aromatic heterocycles. The maximum Gasteiger partial charge on any atom is 0.233 e. The summed E-state index contributed by atoms with van der Waals surface area (Å²) in [6, 6.07) is 20.4. The third-order valence-electron chi connectivity index (χ3n) is 5.91. The maximum atomic E-state index is 13.1. The largest absolute Gasteiger partial charge is 0.376 e. The normalized spacial score (nSPS) is 18.8. The number of ether oxygens (including phenoxy) is 2. The molecule has 2 aromatic rings. The van der Waals surface area contributed by atoms with Crippen LogP contribution in [0, 0.1) is 0 Å². The molecule has 2 fully saturated rings. The van der Waals surface area contributed by atoms with Gasteiger partial charge in [0.2, 0.25) is 5.91 Å². The lowest BCUT2D eigenvalue weighted by atomic mass is 9.93. The molecule has 0 N–H and O–H groups in total. The average molecular weight is 380 g/mol. The molecule has 1 aliphatic heterocycles. The van der Waals surface area contributed by atoms with Gasteiger partial charge in [-0.1, -0.05) is 60.7 Å². The van der Waals surface area contributed by atoms with E-state index in [9.17, 15) is 4.79 Å². The number of rotatable bonds is 8. The lowest BCUT2D eigenvalue weighted by Gasteiger charge is -2.34. The number of nitrogens with zero attached hydrogens (tertiary/aromatic N) is 1. The van der Waals surface area contributed by atoms with Crippen LogP contribution in [0.3, 0.4) is 0 Å². The molecule has 2 aromatic carbocycles. The van der Waals surface area contributed by atoms with Gasteiger partial charge in [-0.25, -0.2) is 0 Å². The Morgan fingerprint density at radius 3 is 2.21 bits per heavy atom. The molecule has 4 rings (SSSR count). The van der Waals surface area contributed by atoms with Gasteiger partial charge in [-0.3, -0.25) is 4.79 Å². The Morgan fingerprint density at radius 2 is 1.57 bits per heavy atom. The predicted molar refractivity (Wildman–Crippen MR) is 109 cm³/mol. The Labute approximate surface area is 167 Å². The number of benzene rings is 2. The van der Waals surface area contributed by atoms with Crippen molar-refractivity contribution in [3.63, 3.8) is 0 Å². The number of amides is 1. The van der Waals surface area contributed by atoms with Crippen molar-refractivity contribution in [3.8, 4) is 0 Å². The van der Waals surface area contributed by atoms with E-state index < -0.39 is 0 Å². The van der Waals surface area contributed by atoms with Crippen molar-refractivity contribution < 1.29 is 14.3 Å². The summed E-state index contributed by atoms with van der Waals surface area (Å²) in [5, 5.41) is 0. The Morgan fingerprint density at radius 1 is 0.929 bits per heavy atom. The van der Waals surface area contributed by atoms with E-state index in [4.69, 9.17) is 9.47 Å². The third-order valence-corrected chi connectivity index (χ3v) is 5.91. The Balaban J connectivity index is 1.16. The fourth-order valence-corrected chi connectivity index (χ4v) is 4.07. The quantitative estimate of drug-likeness (QED) is 0.652. The minimum absolute atomic E-state index is 0.233. The fourth-order valence-electron chi connectivity index (χ4n) is 4.07. The molecule has 4 nitrogen and oxygen atoms in total. The van der Waals surface area contributed by atoms with Crippen LogP contribution in [0.2, 0.25) is 0 Å². The lowest BCUT2D eigenvalue weighted by Crippen LogP contribution is -2.45. The highest BCUT2D eigenvalue weighted by Crippen LogP contribution is 2.49. The zero-order valence-electron chi connectivity index (χ0n) is 16.4. The summed E-state index contributed by atoms with van der Waals surface area (Å²) < 4.78 is 11.7. The molecule has 0 spiro atoms. The molecular weight excluding hydrogens is 350 g/mol. The van der Waals surface area contributed by atoms with Crippen molar-refractivity contribution in [1.82, 2.24) is 4.90 Å². The van der Waals surface area contributed by atoms with E-state index in [2.05, 4.69) is 24.3 Å². The van der Waals surface area contributed by atoms with Gasteiger partial charge in [-0.15, -0.1) is 0 Å². The smallest absolute Gasteiger partial charge is 0.233 e. The van der Waals surface area contributed by atoms with Gasteiger partial charge in [0.25, 0.3) is 0 Å². The molecule has 0 atom stereocenters. The number of piperidine rings is 1. The highest BCUT2D eigenvalue weighted by Gasteiger charge is 2.53. The SMILES string of the molecule is O=C(N1CCC(OCCOCc2ccccc2)CC1)C1(c2ccccc2)CC1. The minimum atomic E-state index is -0.250. The maximum absolute atomic E-state index is 13.1. The molecule has 0 unspecified atom stereocenters. The van der Waals surface area contributed by atoms with E-state index in [1.165, 1.54) is 11.1 Å². The molecule has 1 saturated heterocycles. The number of carbonyl (C=O) groups excluding carboxylic acids is 1. The molecule has 4 heteroatoms. The second-order valence-corrected chi connectivity index (χ2v) is 7.85. The van der Waals surface area contributed by atoms with E-state index in [0.29, 0.717) is 25.7 Å². The van der Waals surface area contributed by atoms with Crippen molar-refractivity contribution in [3.05, 3.63) is 71.8 Å². The van der Waals surface area contributed by atoms with Crippen LogP contribution < -0.4 is 0 Å². The van der Waals surface area contributed by atoms with Gasteiger partial charge in [-0.2, -0.15) is 0 Å². The third kappa shape index (κ3) is 4.45. The zero-order valence-corrected chi connectivity index (χ0v) is 16.4. The molecule has 1 saturated carbocycles. The number of carbonyl (C=O) groups is 1. The lowest BCUT2D eigenvalue weighted by molar-refractivity contribution is -0.136. The minimum Gasteiger partial charge on any atom is -0.376 e. The zero-order chi connectivity index (χ0) is 19.2. The molecule has 0 bridgehead atoms. The fraction of sp³-hybridized carbons (Fsp3) is 0.458. The molecular formula is C24H29NO3. The van der Waals surface area contributed by atoms with Gasteiger partial charge >= 0.3 is 0 Å². The monoisotopic (exact) mass is 379 g/mol. The standard InChI is InChI=1S/C24H29NO3/c26-23(24(13-14-24)21-9-5-2-6-10-21)25-15-11-22(12-16-25)28-18-17-27-19-20-7-3-1-4-8-20/h1-10,22H,11-19H2. The summed E-state index contributed by atoms with van der Waals surface area (Å²) in [6.07, 6.45) is 4.01. The van der Waals surface area contributed by atoms with Crippen LogP contribution >= 0.6 is 0 Å². The van der Waals surface area contributed by atoms with E-state index in [1.807, 2.05) is 41.3 Å². The number of hydrogen-bond acceptors (Lipinski definition) is 3. The Hall–Kier alpha value is -2.17. The van der Waals surface area contributed by atoms with Crippen LogP contribution in [0.5, 0.6) is 0 Å². The number of hydrogen-bond donors (Lipinski definition) is 0. The first-order chi connectivity index (χ1) is 13.8. The van der Waals surface area contributed by atoms with Crippen molar-refractivity contribution in [1.29, 1.82) is 0 Å². The van der Waals surface area contributed by atoms with Crippen molar-refractivity contribution in [2.75, 3.05) is 26.3 Å². The van der Waals surface area contributed by atoms with E-state index in [0.717, 1.165) is 38.8 Å². The van der Waals surface area contributed by atoms with E-state index in [1.54, 1.807) is 0 Å². The van der Waals surface area contributed by atoms with Crippen molar-refractivity contribution >= 4 is 5.91 Å². The molecule has 1 heterocycles. The summed E-state index contributed by atoms with van der Waals surface area (Å²) in [7, 11) is 0. The average Bonchev–Trinajstić information content (AvgIpc) is 3.57. The van der Waals surface area contributed by atoms with Crippen LogP contribution in [0.4, 0.5) is 0 Å². The van der Waals surface area contributed by atoms with E-state index in [-0.39, 0.29) is 11.5 Å². The topological polar surface area (TPSA) is 38.8 Å². The molecule has 1 amide bonds. The molecule has 28 heavy (non-hydrogen) atoms. The van der Waals surface area contributed by atoms with E-state index >= 15 is 0 Å². The molecule has 2 aliphatic rings. The van der Waals surface area contributed by atoms with Crippen molar-refractivity contribution in [2.45, 2.75) is 43.8 Å². The first-order valence-electron chi connectivity index (χ1n) is 10.4. The molecule has 0 radical (unpaired) electrons. The van der Waals surface area contributed by atoms with Gasteiger partial charge in [-0.05, 0) is 36.8 Å². The predicted octanol–water partition coefficient (Wildman–Crippen LogP) is 3.94. The van der Waals surface area contributed by atoms with Crippen molar-refractivity contribution in [2.24, 2.45) is 0 Å². The van der Waals surface area contributed by atoms with Crippen LogP contribution in [0.25, 0.3) is 0 Å². The highest BCUT2D eigenvalue weighted by molar-refractivity contribution is 5.91. The van der Waals surface area contributed by atoms with Crippen LogP contribution in [0.15, 0.2) is 60.7 Å². The second kappa shape index (κ2) is 8.89. The highest BCUT2D eigenvalue weighted by atomic mass is 16.5. The first-order valence-corrected chi connectivity index (χ1v) is 10.4. The second-order valence-electron chi connectivity index (χ2n) is 7.85. The van der Waals surface area contributed by atoms with Gasteiger partial charge < -0.3 is 14.4 Å². The molecule has 1 aliphatic carbocycles. The Kier molecular flexibility index (Phi) is 6.08. The van der Waals surface area contributed by atoms with Gasteiger partial charge in [0.15, 0.2) is 0 Å². The van der Waals surface area contributed by atoms with Gasteiger partial charge in [0.05, 0.1) is 31.3 Å². The number of likely N-dealkylation sites (tertiary alicyclic amines) is 1. The summed E-state index contributed by atoms with van der Waals surface area (Å²) >= 11 is 0. The van der Waals surface area contributed by atoms with Crippen LogP contribution in [-0.2, 0) is 26.3 Å². The summed E-state index contributed by atoms with van der Waals surface area (Å²) in [4.78, 5) is 15.1. The first kappa shape index (κ1) is 19.2.